The fourth-order valence-corrected chi connectivity index (χ4v) is 3.00. The highest BCUT2D eigenvalue weighted by molar-refractivity contribution is 9.10. The molecule has 0 unspecified atom stereocenters. The van der Waals surface area contributed by atoms with Crippen LogP contribution in [-0.2, 0) is 22.4 Å². The molecule has 0 aliphatic heterocycles. The number of nitrogens with one attached hydrogen (secondary N) is 3. The first-order valence-corrected chi connectivity index (χ1v) is 8.89. The second-order valence-electron chi connectivity index (χ2n) is 5.87. The molecule has 3 aromatic rings. The molecule has 0 saturated carbocycles. The van der Waals surface area contributed by atoms with E-state index in [1.807, 2.05) is 24.3 Å². The zero-order valence-electron chi connectivity index (χ0n) is 13.8. The minimum absolute atomic E-state index is 0.0753. The van der Waals surface area contributed by atoms with Gasteiger partial charge in [0, 0.05) is 28.0 Å². The first-order valence-electron chi connectivity index (χ1n) is 8.09. The van der Waals surface area contributed by atoms with Crippen LogP contribution in [0.3, 0.4) is 0 Å². The lowest BCUT2D eigenvalue weighted by atomic mass is 10.1. The van der Waals surface area contributed by atoms with Crippen LogP contribution in [0.4, 0.5) is 4.39 Å². The van der Waals surface area contributed by atoms with Gasteiger partial charge in [-0.1, -0.05) is 40.2 Å². The lowest BCUT2D eigenvalue weighted by molar-refractivity contribution is -0.128. The fraction of sp³-hybridized carbons (Fsp3) is 0.158. The van der Waals surface area contributed by atoms with Gasteiger partial charge in [-0.2, -0.15) is 0 Å². The first-order chi connectivity index (χ1) is 12.5. The van der Waals surface area contributed by atoms with Crippen molar-refractivity contribution in [2.75, 3.05) is 0 Å². The molecule has 26 heavy (non-hydrogen) atoms. The lowest BCUT2D eigenvalue weighted by Gasteiger charge is -2.08. The van der Waals surface area contributed by atoms with Crippen molar-refractivity contribution in [1.29, 1.82) is 0 Å². The highest BCUT2D eigenvalue weighted by atomic mass is 79.9. The van der Waals surface area contributed by atoms with Crippen molar-refractivity contribution < 1.29 is 14.0 Å². The second kappa shape index (κ2) is 8.14. The van der Waals surface area contributed by atoms with Gasteiger partial charge in [0.15, 0.2) is 0 Å². The molecule has 134 valence electrons. The molecule has 2 amide bonds. The number of aromatic amines is 1. The third-order valence-electron chi connectivity index (χ3n) is 4.00. The SMILES string of the molecule is O=C(CCc1ccc(Br)cc1F)NNC(=O)Cc1c[nH]c2ccccc12. The number of hydrogen-bond donors (Lipinski definition) is 3. The minimum atomic E-state index is -0.375. The van der Waals surface area contributed by atoms with Crippen LogP contribution < -0.4 is 10.9 Å². The van der Waals surface area contributed by atoms with Crippen molar-refractivity contribution in [1.82, 2.24) is 15.8 Å². The number of carbonyl (C=O) groups excluding carboxylic acids is 2. The van der Waals surface area contributed by atoms with Crippen LogP contribution >= 0.6 is 15.9 Å². The maximum atomic E-state index is 13.7. The van der Waals surface area contributed by atoms with E-state index in [4.69, 9.17) is 0 Å². The van der Waals surface area contributed by atoms with Gasteiger partial charge >= 0.3 is 0 Å². The van der Waals surface area contributed by atoms with Gasteiger partial charge in [-0.05, 0) is 35.7 Å². The summed E-state index contributed by atoms with van der Waals surface area (Å²) < 4.78 is 14.4. The standard InChI is InChI=1S/C19H17BrFN3O2/c20-14-7-5-12(16(21)10-14)6-8-18(25)23-24-19(26)9-13-11-22-17-4-2-1-3-15(13)17/h1-5,7,10-11,22H,6,8-9H2,(H,23,25)(H,24,26). The van der Waals surface area contributed by atoms with Crippen molar-refractivity contribution in [3.05, 3.63) is 70.1 Å². The largest absolute Gasteiger partial charge is 0.361 e. The minimum Gasteiger partial charge on any atom is -0.361 e. The average Bonchev–Trinajstić information content (AvgIpc) is 3.02. The number of aromatic nitrogens is 1. The number of rotatable bonds is 5. The van der Waals surface area contributed by atoms with Gasteiger partial charge in [0.25, 0.3) is 0 Å². The summed E-state index contributed by atoms with van der Waals surface area (Å²) in [5.41, 5.74) is 7.01. The van der Waals surface area contributed by atoms with Gasteiger partial charge in [0.2, 0.25) is 11.8 Å². The Kier molecular flexibility index (Phi) is 5.68. The molecule has 0 aliphatic carbocycles. The van der Waals surface area contributed by atoms with E-state index in [0.717, 1.165) is 16.5 Å². The maximum Gasteiger partial charge on any atom is 0.242 e. The van der Waals surface area contributed by atoms with Crippen molar-refractivity contribution in [2.24, 2.45) is 0 Å². The first kappa shape index (κ1) is 18.1. The Bertz CT molecular complexity index is 955. The topological polar surface area (TPSA) is 74.0 Å². The molecule has 3 rings (SSSR count). The molecule has 7 heteroatoms. The van der Waals surface area contributed by atoms with E-state index in [9.17, 15) is 14.0 Å². The zero-order valence-corrected chi connectivity index (χ0v) is 15.4. The number of amides is 2. The maximum absolute atomic E-state index is 13.7. The van der Waals surface area contributed by atoms with Crippen LogP contribution in [0, 0.1) is 5.82 Å². The molecular weight excluding hydrogens is 401 g/mol. The summed E-state index contributed by atoms with van der Waals surface area (Å²) >= 11 is 3.19. The van der Waals surface area contributed by atoms with Gasteiger partial charge in [-0.3, -0.25) is 20.4 Å². The summed E-state index contributed by atoms with van der Waals surface area (Å²) in [4.78, 5) is 27.0. The molecule has 0 fully saturated rings. The van der Waals surface area contributed by atoms with Crippen LogP contribution in [0.25, 0.3) is 10.9 Å². The normalized spacial score (nSPS) is 10.7. The smallest absolute Gasteiger partial charge is 0.242 e. The van der Waals surface area contributed by atoms with Crippen molar-refractivity contribution in [2.45, 2.75) is 19.3 Å². The van der Waals surface area contributed by atoms with Gasteiger partial charge < -0.3 is 4.98 Å². The number of hydrazine groups is 1. The summed E-state index contributed by atoms with van der Waals surface area (Å²) in [5, 5.41) is 0.972. The highest BCUT2D eigenvalue weighted by Gasteiger charge is 2.10. The molecule has 0 spiro atoms. The quantitative estimate of drug-likeness (QED) is 0.556. The van der Waals surface area contributed by atoms with Crippen LogP contribution in [0.1, 0.15) is 17.5 Å². The summed E-state index contributed by atoms with van der Waals surface area (Å²) in [6.07, 6.45) is 2.25. The molecule has 0 bridgehead atoms. The Balaban J connectivity index is 1.47. The van der Waals surface area contributed by atoms with Crippen LogP contribution in [0.2, 0.25) is 0 Å². The number of H-pyrrole nitrogens is 1. The fourth-order valence-electron chi connectivity index (χ4n) is 2.67. The zero-order chi connectivity index (χ0) is 18.5. The molecular formula is C19H17BrFN3O2. The van der Waals surface area contributed by atoms with Gasteiger partial charge in [0.1, 0.15) is 5.82 Å². The Labute approximate surface area is 158 Å². The molecule has 0 saturated heterocycles. The van der Waals surface area contributed by atoms with Crippen molar-refractivity contribution >= 4 is 38.6 Å². The molecule has 3 N–H and O–H groups in total. The lowest BCUT2D eigenvalue weighted by Crippen LogP contribution is -2.42. The molecule has 1 aromatic heterocycles. The Morgan fingerprint density at radius 1 is 1.04 bits per heavy atom. The predicted octanol–water partition coefficient (Wildman–Crippen LogP) is 3.39. The van der Waals surface area contributed by atoms with Crippen LogP contribution in [0.15, 0.2) is 53.1 Å². The predicted molar refractivity (Wildman–Crippen MR) is 101 cm³/mol. The van der Waals surface area contributed by atoms with Gasteiger partial charge in [-0.15, -0.1) is 0 Å². The van der Waals surface area contributed by atoms with E-state index in [-0.39, 0.29) is 36.9 Å². The Morgan fingerprint density at radius 2 is 1.81 bits per heavy atom. The third kappa shape index (κ3) is 4.49. The number of para-hydroxylation sites is 1. The highest BCUT2D eigenvalue weighted by Crippen LogP contribution is 2.18. The number of benzene rings is 2. The summed E-state index contributed by atoms with van der Waals surface area (Å²) in [5.74, 6) is -1.06. The number of hydrogen-bond acceptors (Lipinski definition) is 2. The van der Waals surface area contributed by atoms with Gasteiger partial charge in [0.05, 0.1) is 6.42 Å². The number of fused-ring (bicyclic) bond motifs is 1. The number of aryl methyl sites for hydroxylation is 1. The molecule has 0 aliphatic rings. The van der Waals surface area contributed by atoms with Crippen molar-refractivity contribution in [3.8, 4) is 0 Å². The van der Waals surface area contributed by atoms with Gasteiger partial charge in [-0.25, -0.2) is 4.39 Å². The monoisotopic (exact) mass is 417 g/mol. The van der Waals surface area contributed by atoms with E-state index >= 15 is 0 Å². The average molecular weight is 418 g/mol. The van der Waals surface area contributed by atoms with E-state index in [1.165, 1.54) is 6.07 Å². The summed E-state index contributed by atoms with van der Waals surface area (Å²) in [6.45, 7) is 0. The summed E-state index contributed by atoms with van der Waals surface area (Å²) in [7, 11) is 0. The number of halogens is 2. The Hall–Kier alpha value is -2.67. The molecule has 1 heterocycles. The second-order valence-corrected chi connectivity index (χ2v) is 6.78. The van der Waals surface area contributed by atoms with E-state index in [1.54, 1.807) is 18.3 Å². The molecule has 2 aromatic carbocycles. The molecule has 5 nitrogen and oxygen atoms in total. The van der Waals surface area contributed by atoms with Crippen LogP contribution in [0.5, 0.6) is 0 Å². The Morgan fingerprint density at radius 3 is 2.62 bits per heavy atom. The van der Waals surface area contributed by atoms with Crippen LogP contribution in [-0.4, -0.2) is 16.8 Å². The molecule has 0 atom stereocenters. The number of carbonyl (C=O) groups is 2. The van der Waals surface area contributed by atoms with E-state index < -0.39 is 0 Å². The third-order valence-corrected chi connectivity index (χ3v) is 4.50. The summed E-state index contributed by atoms with van der Waals surface area (Å²) in [6, 6.07) is 12.4. The van der Waals surface area contributed by atoms with E-state index in [0.29, 0.717) is 10.0 Å². The molecule has 0 radical (unpaired) electrons. The van der Waals surface area contributed by atoms with Crippen molar-refractivity contribution in [3.63, 3.8) is 0 Å². The van der Waals surface area contributed by atoms with E-state index in [2.05, 4.69) is 31.8 Å².